The zero-order valence-corrected chi connectivity index (χ0v) is 10.1. The van der Waals surface area contributed by atoms with Crippen LogP contribution in [0.1, 0.15) is 52.4 Å². The summed E-state index contributed by atoms with van der Waals surface area (Å²) < 4.78 is 0. The summed E-state index contributed by atoms with van der Waals surface area (Å²) in [6.07, 6.45) is 2.06. The fraction of sp³-hybridized carbons (Fsp3) is 1.00. The molecule has 0 bridgehead atoms. The summed E-state index contributed by atoms with van der Waals surface area (Å²) in [4.78, 5) is 10.4. The van der Waals surface area contributed by atoms with E-state index >= 15 is 0 Å². The van der Waals surface area contributed by atoms with Crippen LogP contribution in [0.15, 0.2) is 0 Å². The first kappa shape index (κ1) is 15.3. The lowest BCUT2D eigenvalue weighted by Crippen LogP contribution is -2.23. The molecule has 5 heteroatoms. The molecular formula is C11H23NO4. The van der Waals surface area contributed by atoms with Crippen LogP contribution in [0.3, 0.4) is 0 Å². The zero-order valence-electron chi connectivity index (χ0n) is 10.1. The van der Waals surface area contributed by atoms with Gasteiger partial charge >= 0.3 is 0 Å². The number of aliphatic hydroxyl groups is 2. The maximum atomic E-state index is 10.7. The fourth-order valence-corrected chi connectivity index (χ4v) is 1.53. The van der Waals surface area contributed by atoms with Crippen LogP contribution in [0, 0.1) is 10.1 Å². The molecule has 5 nitrogen and oxygen atoms in total. The summed E-state index contributed by atoms with van der Waals surface area (Å²) >= 11 is 0. The SMILES string of the molecule is CCC(O)CCC(CCC(O)CC)[N+](=O)[O-]. The van der Waals surface area contributed by atoms with Crippen LogP contribution in [-0.2, 0) is 0 Å². The maximum Gasteiger partial charge on any atom is 0.213 e. The van der Waals surface area contributed by atoms with Crippen LogP contribution in [0.4, 0.5) is 0 Å². The van der Waals surface area contributed by atoms with Crippen molar-refractivity contribution >= 4 is 0 Å². The van der Waals surface area contributed by atoms with Crippen molar-refractivity contribution in [1.29, 1.82) is 0 Å². The molecule has 0 aromatic rings. The second-order valence-electron chi connectivity index (χ2n) is 4.22. The van der Waals surface area contributed by atoms with Crippen molar-refractivity contribution in [3.8, 4) is 0 Å². The molecule has 0 saturated carbocycles. The Hall–Kier alpha value is -0.680. The largest absolute Gasteiger partial charge is 0.393 e. The van der Waals surface area contributed by atoms with Crippen LogP contribution in [0.5, 0.6) is 0 Å². The van der Waals surface area contributed by atoms with Gasteiger partial charge in [-0.15, -0.1) is 0 Å². The Balaban J connectivity index is 3.93. The molecule has 0 saturated heterocycles. The predicted octanol–water partition coefficient (Wildman–Crippen LogP) is 1.73. The van der Waals surface area contributed by atoms with E-state index in [9.17, 15) is 20.3 Å². The van der Waals surface area contributed by atoms with Crippen LogP contribution in [-0.4, -0.2) is 33.4 Å². The van der Waals surface area contributed by atoms with E-state index in [4.69, 9.17) is 0 Å². The highest BCUT2D eigenvalue weighted by Gasteiger charge is 2.21. The van der Waals surface area contributed by atoms with Crippen molar-refractivity contribution in [2.75, 3.05) is 0 Å². The van der Waals surface area contributed by atoms with Gasteiger partial charge in [0.05, 0.1) is 12.2 Å². The molecule has 0 aromatic heterocycles. The molecule has 0 heterocycles. The average molecular weight is 233 g/mol. The third-order valence-electron chi connectivity index (χ3n) is 2.91. The minimum absolute atomic E-state index is 0.301. The van der Waals surface area contributed by atoms with E-state index in [2.05, 4.69) is 0 Å². The van der Waals surface area contributed by atoms with E-state index in [-0.39, 0.29) is 4.92 Å². The normalized spacial score (nSPS) is 16.8. The minimum atomic E-state index is -0.637. The van der Waals surface area contributed by atoms with Crippen molar-refractivity contribution in [2.24, 2.45) is 0 Å². The monoisotopic (exact) mass is 233 g/mol. The molecule has 0 amide bonds. The van der Waals surface area contributed by atoms with Crippen molar-refractivity contribution in [2.45, 2.75) is 70.6 Å². The lowest BCUT2D eigenvalue weighted by Gasteiger charge is -2.13. The van der Waals surface area contributed by atoms with Gasteiger partial charge in [-0.05, 0) is 25.7 Å². The topological polar surface area (TPSA) is 83.6 Å². The van der Waals surface area contributed by atoms with Gasteiger partial charge in [-0.3, -0.25) is 10.1 Å². The van der Waals surface area contributed by atoms with Crippen molar-refractivity contribution in [1.82, 2.24) is 0 Å². The van der Waals surface area contributed by atoms with Gasteiger partial charge in [0.1, 0.15) is 0 Å². The first-order valence-corrected chi connectivity index (χ1v) is 6.00. The number of nitrogens with zero attached hydrogens (tertiary/aromatic N) is 1. The summed E-state index contributed by atoms with van der Waals surface area (Å²) in [6, 6.07) is -0.637. The molecule has 0 aliphatic heterocycles. The lowest BCUT2D eigenvalue weighted by molar-refractivity contribution is -0.525. The second kappa shape index (κ2) is 8.47. The lowest BCUT2D eigenvalue weighted by atomic mass is 10.0. The minimum Gasteiger partial charge on any atom is -0.393 e. The van der Waals surface area contributed by atoms with E-state index in [0.717, 1.165) is 0 Å². The van der Waals surface area contributed by atoms with Crippen LogP contribution >= 0.6 is 0 Å². The highest BCUT2D eigenvalue weighted by molar-refractivity contribution is 4.64. The van der Waals surface area contributed by atoms with Gasteiger partial charge in [-0.25, -0.2) is 0 Å². The Morgan fingerprint density at radius 2 is 1.38 bits per heavy atom. The van der Waals surface area contributed by atoms with Gasteiger partial charge in [-0.2, -0.15) is 0 Å². The Morgan fingerprint density at radius 1 is 1.00 bits per heavy atom. The Kier molecular flexibility index (Phi) is 8.11. The molecule has 0 fully saturated rings. The third kappa shape index (κ3) is 6.74. The van der Waals surface area contributed by atoms with E-state index in [1.54, 1.807) is 0 Å². The summed E-state index contributed by atoms with van der Waals surface area (Å²) in [5, 5.41) is 29.4. The molecule has 0 radical (unpaired) electrons. The van der Waals surface area contributed by atoms with Gasteiger partial charge in [0.2, 0.25) is 6.04 Å². The molecule has 0 aromatic carbocycles. The standard InChI is InChI=1S/C11H23NO4/c1-3-10(13)7-5-9(12(15)16)6-8-11(14)4-2/h9-11,13-14H,3-8H2,1-2H3. The van der Waals surface area contributed by atoms with Crippen LogP contribution < -0.4 is 0 Å². The van der Waals surface area contributed by atoms with E-state index < -0.39 is 18.2 Å². The van der Waals surface area contributed by atoms with E-state index in [1.165, 1.54) is 0 Å². The molecule has 0 spiro atoms. The second-order valence-corrected chi connectivity index (χ2v) is 4.22. The summed E-state index contributed by atoms with van der Waals surface area (Å²) in [6.45, 7) is 3.71. The molecular weight excluding hydrogens is 210 g/mol. The number of hydrogen-bond acceptors (Lipinski definition) is 4. The third-order valence-corrected chi connectivity index (χ3v) is 2.91. The summed E-state index contributed by atoms with van der Waals surface area (Å²) in [5.41, 5.74) is 0. The van der Waals surface area contributed by atoms with Gasteiger partial charge in [-0.1, -0.05) is 13.8 Å². The number of nitro groups is 1. The highest BCUT2D eigenvalue weighted by Crippen LogP contribution is 2.14. The molecule has 16 heavy (non-hydrogen) atoms. The molecule has 2 N–H and O–H groups in total. The number of hydrogen-bond donors (Lipinski definition) is 2. The Bertz CT molecular complexity index is 184. The van der Waals surface area contributed by atoms with E-state index in [0.29, 0.717) is 38.5 Å². The Morgan fingerprint density at radius 3 is 1.62 bits per heavy atom. The van der Waals surface area contributed by atoms with Gasteiger partial charge in [0.15, 0.2) is 0 Å². The molecule has 0 aliphatic rings. The first-order valence-electron chi connectivity index (χ1n) is 6.00. The summed E-state index contributed by atoms with van der Waals surface area (Å²) in [5.74, 6) is 0. The average Bonchev–Trinajstić information content (AvgIpc) is 2.27. The smallest absolute Gasteiger partial charge is 0.213 e. The Labute approximate surface area is 96.6 Å². The highest BCUT2D eigenvalue weighted by atomic mass is 16.6. The van der Waals surface area contributed by atoms with Gasteiger partial charge in [0, 0.05) is 17.8 Å². The first-order chi connectivity index (χ1) is 7.51. The van der Waals surface area contributed by atoms with Gasteiger partial charge < -0.3 is 10.2 Å². The van der Waals surface area contributed by atoms with Crippen molar-refractivity contribution < 1.29 is 15.1 Å². The quantitative estimate of drug-likeness (QED) is 0.469. The molecule has 96 valence electrons. The molecule has 2 atom stereocenters. The van der Waals surface area contributed by atoms with Crippen LogP contribution in [0.25, 0.3) is 0 Å². The maximum absolute atomic E-state index is 10.7. The predicted molar refractivity (Wildman–Crippen MR) is 61.8 cm³/mol. The molecule has 0 rings (SSSR count). The number of aliphatic hydroxyl groups excluding tert-OH is 2. The van der Waals surface area contributed by atoms with Crippen LogP contribution in [0.2, 0.25) is 0 Å². The van der Waals surface area contributed by atoms with Crippen molar-refractivity contribution in [3.63, 3.8) is 0 Å². The zero-order chi connectivity index (χ0) is 12.6. The van der Waals surface area contributed by atoms with Gasteiger partial charge in [0.25, 0.3) is 0 Å². The molecule has 0 aliphatic carbocycles. The fourth-order valence-electron chi connectivity index (χ4n) is 1.53. The number of rotatable bonds is 9. The summed E-state index contributed by atoms with van der Waals surface area (Å²) in [7, 11) is 0. The van der Waals surface area contributed by atoms with Crippen molar-refractivity contribution in [3.05, 3.63) is 10.1 Å². The molecule has 2 unspecified atom stereocenters. The van der Waals surface area contributed by atoms with E-state index in [1.807, 2.05) is 13.8 Å².